The molecule has 102 valence electrons. The largest absolute Gasteiger partial charge is 0.507 e. The summed E-state index contributed by atoms with van der Waals surface area (Å²) in [4.78, 5) is 11.2. The van der Waals surface area contributed by atoms with E-state index in [2.05, 4.69) is 0 Å². The summed E-state index contributed by atoms with van der Waals surface area (Å²) < 4.78 is 0. The third-order valence-corrected chi connectivity index (χ3v) is 3.67. The van der Waals surface area contributed by atoms with Crippen molar-refractivity contribution in [3.63, 3.8) is 0 Å². The van der Waals surface area contributed by atoms with E-state index < -0.39 is 5.97 Å². The Labute approximate surface area is 112 Å². The van der Waals surface area contributed by atoms with Crippen LogP contribution in [0, 0.1) is 6.92 Å². The van der Waals surface area contributed by atoms with Gasteiger partial charge < -0.3 is 15.3 Å². The molecule has 0 aliphatic heterocycles. The highest BCUT2D eigenvalue weighted by Gasteiger charge is 2.26. The number of phenols is 2. The first-order valence-corrected chi connectivity index (χ1v) is 6.37. The van der Waals surface area contributed by atoms with Gasteiger partial charge >= 0.3 is 5.97 Å². The van der Waals surface area contributed by atoms with Crippen LogP contribution in [0.5, 0.6) is 11.5 Å². The molecule has 4 heteroatoms. The molecule has 19 heavy (non-hydrogen) atoms. The number of carboxylic acids is 1. The number of rotatable bonds is 2. The number of hydrogen-bond acceptors (Lipinski definition) is 3. The van der Waals surface area contributed by atoms with Crippen LogP contribution in [0.3, 0.4) is 0 Å². The molecule has 0 bridgehead atoms. The van der Waals surface area contributed by atoms with Crippen molar-refractivity contribution < 1.29 is 20.1 Å². The first-order chi connectivity index (χ1) is 8.91. The van der Waals surface area contributed by atoms with E-state index >= 15 is 0 Å². The van der Waals surface area contributed by atoms with Gasteiger partial charge in [0, 0.05) is 11.5 Å². The van der Waals surface area contributed by atoms with Crippen LogP contribution in [0.1, 0.15) is 53.6 Å². The number of carboxylic acid groups (broad SMARTS) is 1. The summed E-state index contributed by atoms with van der Waals surface area (Å²) in [7, 11) is 0. The summed E-state index contributed by atoms with van der Waals surface area (Å²) in [5.41, 5.74) is 1.78. The molecule has 1 atom stereocenters. The molecule has 0 spiro atoms. The number of aromatic carboxylic acids is 1. The van der Waals surface area contributed by atoms with Crippen molar-refractivity contribution in [2.24, 2.45) is 0 Å². The van der Waals surface area contributed by atoms with Gasteiger partial charge in [-0.1, -0.05) is 11.6 Å². The van der Waals surface area contributed by atoms with Gasteiger partial charge in [-0.3, -0.25) is 0 Å². The molecule has 0 heterocycles. The summed E-state index contributed by atoms with van der Waals surface area (Å²) in [6.07, 6.45) is 4.79. The van der Waals surface area contributed by atoms with E-state index in [4.69, 9.17) is 5.11 Å². The van der Waals surface area contributed by atoms with Crippen molar-refractivity contribution in [1.82, 2.24) is 0 Å². The van der Waals surface area contributed by atoms with Gasteiger partial charge in [-0.2, -0.15) is 0 Å². The highest BCUT2D eigenvalue weighted by molar-refractivity contribution is 5.93. The van der Waals surface area contributed by atoms with Crippen LogP contribution in [0.25, 0.3) is 0 Å². The molecular weight excluding hydrogens is 244 g/mol. The van der Waals surface area contributed by atoms with Crippen LogP contribution in [-0.2, 0) is 0 Å². The number of aromatic hydroxyl groups is 2. The van der Waals surface area contributed by atoms with Crippen molar-refractivity contribution in [3.05, 3.63) is 34.4 Å². The Morgan fingerprint density at radius 3 is 2.58 bits per heavy atom. The van der Waals surface area contributed by atoms with Crippen molar-refractivity contribution in [1.29, 1.82) is 0 Å². The second kappa shape index (κ2) is 4.96. The zero-order chi connectivity index (χ0) is 14.2. The molecule has 1 aromatic rings. The minimum absolute atomic E-state index is 0.0315. The van der Waals surface area contributed by atoms with Gasteiger partial charge in [0.25, 0.3) is 0 Å². The second-order valence-electron chi connectivity index (χ2n) is 5.17. The predicted octanol–water partition coefficient (Wildman–Crippen LogP) is 3.32. The number of hydrogen-bond donors (Lipinski definition) is 3. The van der Waals surface area contributed by atoms with Crippen LogP contribution < -0.4 is 0 Å². The zero-order valence-corrected chi connectivity index (χ0v) is 11.1. The van der Waals surface area contributed by atoms with E-state index in [9.17, 15) is 15.0 Å². The fraction of sp³-hybridized carbons (Fsp3) is 0.400. The van der Waals surface area contributed by atoms with Crippen molar-refractivity contribution >= 4 is 5.97 Å². The minimum Gasteiger partial charge on any atom is -0.507 e. The molecule has 1 aliphatic carbocycles. The standard InChI is InChI=1S/C15H18O4/c1-8-4-3-5-10(6-8)13-11(16)7-9(2)12(14(13)17)15(18)19/h6-7,10,16-17H,3-5H2,1-2H3,(H,18,19). The van der Waals surface area contributed by atoms with Gasteiger partial charge in [0.15, 0.2) is 0 Å². The lowest BCUT2D eigenvalue weighted by atomic mass is 9.83. The fourth-order valence-corrected chi connectivity index (χ4v) is 2.77. The van der Waals surface area contributed by atoms with E-state index in [1.165, 1.54) is 11.6 Å². The lowest BCUT2D eigenvalue weighted by Crippen LogP contribution is -2.07. The molecule has 0 saturated heterocycles. The summed E-state index contributed by atoms with van der Waals surface area (Å²) in [5, 5.41) is 29.4. The Kier molecular flexibility index (Phi) is 3.51. The number of aryl methyl sites for hydroxylation is 1. The molecule has 1 aromatic carbocycles. The highest BCUT2D eigenvalue weighted by atomic mass is 16.4. The molecule has 0 fully saturated rings. The van der Waals surface area contributed by atoms with Crippen LogP contribution in [0.2, 0.25) is 0 Å². The topological polar surface area (TPSA) is 77.8 Å². The normalized spacial score (nSPS) is 19.1. The molecule has 1 unspecified atom stereocenters. The second-order valence-corrected chi connectivity index (χ2v) is 5.17. The number of benzene rings is 1. The summed E-state index contributed by atoms with van der Waals surface area (Å²) in [5.74, 6) is -1.63. The third kappa shape index (κ3) is 2.43. The van der Waals surface area contributed by atoms with Gasteiger partial charge in [0.1, 0.15) is 17.1 Å². The van der Waals surface area contributed by atoms with Crippen LogP contribution in [-0.4, -0.2) is 21.3 Å². The molecular formula is C15H18O4. The monoisotopic (exact) mass is 262 g/mol. The van der Waals surface area contributed by atoms with Crippen molar-refractivity contribution in [3.8, 4) is 11.5 Å². The highest BCUT2D eigenvalue weighted by Crippen LogP contribution is 2.43. The Bertz CT molecular complexity index is 558. The average Bonchev–Trinajstić information content (AvgIpc) is 2.27. The molecule has 0 aromatic heterocycles. The van der Waals surface area contributed by atoms with E-state index in [0.29, 0.717) is 11.1 Å². The Hall–Kier alpha value is -1.97. The van der Waals surface area contributed by atoms with E-state index in [0.717, 1.165) is 19.3 Å². The third-order valence-electron chi connectivity index (χ3n) is 3.67. The average molecular weight is 262 g/mol. The maximum absolute atomic E-state index is 11.2. The van der Waals surface area contributed by atoms with Gasteiger partial charge in [0.2, 0.25) is 0 Å². The van der Waals surface area contributed by atoms with Gasteiger partial charge in [-0.25, -0.2) is 4.79 Å². The van der Waals surface area contributed by atoms with E-state index in [1.54, 1.807) is 6.92 Å². The molecule has 0 saturated carbocycles. The predicted molar refractivity (Wildman–Crippen MR) is 71.8 cm³/mol. The van der Waals surface area contributed by atoms with E-state index in [-0.39, 0.29) is 23.0 Å². The Morgan fingerprint density at radius 2 is 2.00 bits per heavy atom. The van der Waals surface area contributed by atoms with E-state index in [1.807, 2.05) is 13.0 Å². The molecule has 0 radical (unpaired) electrons. The Balaban J connectivity index is 2.60. The number of allylic oxidation sites excluding steroid dienone is 2. The lowest BCUT2D eigenvalue weighted by Gasteiger charge is -2.22. The van der Waals surface area contributed by atoms with Crippen LogP contribution >= 0.6 is 0 Å². The molecule has 1 aliphatic rings. The summed E-state index contributed by atoms with van der Waals surface area (Å²) in [6.45, 7) is 3.57. The first-order valence-electron chi connectivity index (χ1n) is 6.37. The molecule has 0 amide bonds. The summed E-state index contributed by atoms with van der Waals surface area (Å²) >= 11 is 0. The zero-order valence-electron chi connectivity index (χ0n) is 11.1. The maximum atomic E-state index is 11.2. The fourth-order valence-electron chi connectivity index (χ4n) is 2.77. The quantitative estimate of drug-likeness (QED) is 0.714. The molecule has 4 nitrogen and oxygen atoms in total. The Morgan fingerprint density at radius 1 is 1.32 bits per heavy atom. The lowest BCUT2D eigenvalue weighted by molar-refractivity contribution is 0.0692. The molecule has 3 N–H and O–H groups in total. The van der Waals surface area contributed by atoms with Gasteiger partial charge in [-0.15, -0.1) is 0 Å². The smallest absolute Gasteiger partial charge is 0.339 e. The van der Waals surface area contributed by atoms with Crippen molar-refractivity contribution in [2.75, 3.05) is 0 Å². The van der Waals surface area contributed by atoms with Gasteiger partial charge in [0.05, 0.1) is 0 Å². The number of phenolic OH excluding ortho intramolecular Hbond substituents is 1. The van der Waals surface area contributed by atoms with Crippen molar-refractivity contribution in [2.45, 2.75) is 39.0 Å². The maximum Gasteiger partial charge on any atom is 0.339 e. The van der Waals surface area contributed by atoms with Crippen LogP contribution in [0.15, 0.2) is 17.7 Å². The minimum atomic E-state index is -1.17. The first kappa shape index (κ1) is 13.5. The molecule has 2 rings (SSSR count). The SMILES string of the molecule is CC1=CC(c2c(O)cc(C)c(C(=O)O)c2O)CCC1. The number of carbonyl (C=O) groups is 1. The van der Waals surface area contributed by atoms with Crippen LogP contribution in [0.4, 0.5) is 0 Å². The van der Waals surface area contributed by atoms with Gasteiger partial charge in [-0.05, 0) is 44.7 Å². The summed E-state index contributed by atoms with van der Waals surface area (Å²) in [6, 6.07) is 1.41.